The van der Waals surface area contributed by atoms with Crippen LogP contribution in [-0.4, -0.2) is 135 Å². The molecule has 1 atom stereocenters. The molecule has 1 unspecified atom stereocenters. The molecular formula is C48H79N9Si. The maximum absolute atomic E-state index is 3.58. The lowest BCUT2D eigenvalue weighted by atomic mass is 10.0. The van der Waals surface area contributed by atoms with E-state index in [2.05, 4.69) is 238 Å². The van der Waals surface area contributed by atoms with Crippen LogP contribution in [-0.2, 0) is 0 Å². The van der Waals surface area contributed by atoms with E-state index in [1.807, 2.05) is 0 Å². The van der Waals surface area contributed by atoms with Gasteiger partial charge in [-0.2, -0.15) is 0 Å². The van der Waals surface area contributed by atoms with Gasteiger partial charge in [0.15, 0.2) is 8.07 Å². The molecule has 0 heterocycles. The van der Waals surface area contributed by atoms with Crippen molar-refractivity contribution in [3.05, 3.63) is 56.8 Å². The van der Waals surface area contributed by atoms with Gasteiger partial charge in [-0.1, -0.05) is 23.3 Å². The van der Waals surface area contributed by atoms with Crippen molar-refractivity contribution in [3.8, 4) is 0 Å². The third kappa shape index (κ3) is 7.17. The summed E-state index contributed by atoms with van der Waals surface area (Å²) < 4.78 is 0. The molecule has 0 aliphatic heterocycles. The first-order valence-electron chi connectivity index (χ1n) is 20.7. The van der Waals surface area contributed by atoms with E-state index in [1.54, 1.807) is 5.20 Å². The zero-order valence-corrected chi connectivity index (χ0v) is 42.3. The molecule has 0 aromatic heterocycles. The minimum atomic E-state index is -3.58. The van der Waals surface area contributed by atoms with Gasteiger partial charge in [0.1, 0.15) is 0 Å². The first kappa shape index (κ1) is 46.2. The van der Waals surface area contributed by atoms with Gasteiger partial charge in [0, 0.05) is 194 Å². The average molecular weight is 810 g/mol. The third-order valence-electron chi connectivity index (χ3n) is 12.9. The molecule has 58 heavy (non-hydrogen) atoms. The predicted molar refractivity (Wildman–Crippen MR) is 267 cm³/mol. The number of hydrogen-bond acceptors (Lipinski definition) is 9. The number of hydrogen-bond donors (Lipinski definition) is 0. The lowest BCUT2D eigenvalue weighted by Gasteiger charge is -2.49. The highest BCUT2D eigenvalue weighted by atomic mass is 28.3. The van der Waals surface area contributed by atoms with Crippen LogP contribution >= 0.6 is 0 Å². The first-order chi connectivity index (χ1) is 26.7. The summed E-state index contributed by atoms with van der Waals surface area (Å²) in [5.41, 5.74) is 19.5. The van der Waals surface area contributed by atoms with E-state index in [1.165, 1.54) is 100 Å². The minimum absolute atomic E-state index is 0.197. The number of rotatable bonds is 13. The van der Waals surface area contributed by atoms with Crippen LogP contribution in [0.25, 0.3) is 0 Å². The first-order valence-corrected chi connectivity index (χ1v) is 22.7. The molecule has 0 spiro atoms. The molecule has 320 valence electrons. The lowest BCUT2D eigenvalue weighted by Crippen LogP contribution is -2.73. The Kier molecular flexibility index (Phi) is 13.3. The Morgan fingerprint density at radius 2 is 0.586 bits per heavy atom. The Hall–Kier alpha value is -4.44. The van der Waals surface area contributed by atoms with Crippen LogP contribution in [0.15, 0.2) is 40.1 Å². The van der Waals surface area contributed by atoms with E-state index >= 15 is 0 Å². The summed E-state index contributed by atoms with van der Waals surface area (Å²) in [5, 5.41) is 5.86. The fourth-order valence-corrected chi connectivity index (χ4v) is 17.7. The van der Waals surface area contributed by atoms with E-state index < -0.39 is 8.07 Å². The normalized spacial score (nSPS) is 14.3. The van der Waals surface area contributed by atoms with Crippen LogP contribution in [0.4, 0.5) is 51.2 Å². The van der Waals surface area contributed by atoms with Crippen LogP contribution in [0.2, 0.25) is 0 Å². The summed E-state index contributed by atoms with van der Waals surface area (Å²) >= 11 is 0. The van der Waals surface area contributed by atoms with Crippen molar-refractivity contribution in [2.24, 2.45) is 5.92 Å². The monoisotopic (exact) mass is 810 g/mol. The van der Waals surface area contributed by atoms with Gasteiger partial charge in [-0.3, -0.25) is 0 Å². The highest BCUT2D eigenvalue weighted by Gasteiger charge is 2.57. The summed E-state index contributed by atoms with van der Waals surface area (Å²) in [4.78, 5) is 21.3. The summed E-state index contributed by atoms with van der Waals surface area (Å²) in [6.07, 6.45) is 0. The van der Waals surface area contributed by atoms with E-state index in [9.17, 15) is 0 Å². The van der Waals surface area contributed by atoms with Crippen LogP contribution < -0.4 is 59.7 Å². The Labute approximate surface area is 355 Å². The zero-order valence-electron chi connectivity index (χ0n) is 41.3. The van der Waals surface area contributed by atoms with Gasteiger partial charge in [0.25, 0.3) is 0 Å². The van der Waals surface area contributed by atoms with Crippen molar-refractivity contribution < 1.29 is 0 Å². The second-order valence-electron chi connectivity index (χ2n) is 18.7. The van der Waals surface area contributed by atoms with Crippen molar-refractivity contribution in [1.82, 2.24) is 0 Å². The van der Waals surface area contributed by atoms with E-state index in [0.29, 0.717) is 0 Å². The molecule has 3 aromatic rings. The topological polar surface area (TPSA) is 29.2 Å². The fraction of sp³-hybridized carbons (Fsp3) is 0.542. The summed E-state index contributed by atoms with van der Waals surface area (Å²) in [7, 11) is 36.6. The summed E-state index contributed by atoms with van der Waals surface area (Å²) in [6.45, 7) is 16.7. The van der Waals surface area contributed by atoms with Gasteiger partial charge in [-0.25, -0.2) is 0 Å². The van der Waals surface area contributed by atoms with E-state index in [0.717, 1.165) is 0 Å². The predicted octanol–water partition coefficient (Wildman–Crippen LogP) is 6.52. The summed E-state index contributed by atoms with van der Waals surface area (Å²) in [6, 6.07) is 7.46. The molecule has 0 amide bonds. The Morgan fingerprint density at radius 1 is 0.345 bits per heavy atom. The molecule has 0 bridgehead atoms. The maximum atomic E-state index is 2.50. The van der Waals surface area contributed by atoms with Gasteiger partial charge in [-0.15, -0.1) is 0 Å². The standard InChI is InChI=1S/C48H79N9Si/c1-29-30(2)32(4)45(31(29)3)58(46-39(52(14)15)26-36(49(8)9)33(5)42(46)55(20)21,47-40(53(16)17)27-37(50(10)11)34(6)43(47)56(22)23)48-41(54(18)19)28-38(51(12)13)35(7)44(48)57(24)25/h26-28,31H,1-25H3. The zero-order chi connectivity index (χ0) is 44.4. The SMILES string of the molecule is CC1=C(C)C(C)C([Si](c2c(N(C)C)cc(N(C)C)c(C)c2N(C)C)(c2c(N(C)C)cc(N(C)C)c(C)c2N(C)C)c2c(N(C)C)cc(N(C)C)c(C)c2N(C)C)=C1C. The van der Waals surface area contributed by atoms with Crippen molar-refractivity contribution >= 4 is 74.8 Å². The van der Waals surface area contributed by atoms with Crippen LogP contribution in [0.3, 0.4) is 0 Å². The van der Waals surface area contributed by atoms with Crippen molar-refractivity contribution in [2.75, 3.05) is 171 Å². The second kappa shape index (κ2) is 16.7. The highest BCUT2D eigenvalue weighted by Crippen LogP contribution is 2.50. The van der Waals surface area contributed by atoms with Crippen molar-refractivity contribution in [1.29, 1.82) is 0 Å². The van der Waals surface area contributed by atoms with Gasteiger partial charge < -0.3 is 44.1 Å². The molecule has 0 N–H and O–H groups in total. The largest absolute Gasteiger partial charge is 0.378 e. The number of nitrogens with zero attached hydrogens (tertiary/aromatic N) is 9. The smallest absolute Gasteiger partial charge is 0.191 e. The van der Waals surface area contributed by atoms with Crippen molar-refractivity contribution in [3.63, 3.8) is 0 Å². The quantitative estimate of drug-likeness (QED) is 0.142. The molecule has 0 saturated carbocycles. The van der Waals surface area contributed by atoms with Crippen LogP contribution in [0.1, 0.15) is 44.4 Å². The molecule has 9 nitrogen and oxygen atoms in total. The number of anilines is 9. The van der Waals surface area contributed by atoms with Crippen LogP contribution in [0, 0.1) is 26.7 Å². The molecule has 4 rings (SSSR count). The molecule has 0 saturated heterocycles. The third-order valence-corrected chi connectivity index (χ3v) is 18.3. The molecule has 3 aromatic carbocycles. The molecule has 1 aliphatic carbocycles. The van der Waals surface area contributed by atoms with Crippen LogP contribution in [0.5, 0.6) is 0 Å². The lowest BCUT2D eigenvalue weighted by molar-refractivity contribution is 0.851. The van der Waals surface area contributed by atoms with E-state index in [4.69, 9.17) is 0 Å². The van der Waals surface area contributed by atoms with Gasteiger partial charge in [-0.05, 0) is 87.9 Å². The average Bonchev–Trinajstić information content (AvgIpc) is 3.29. The number of benzene rings is 3. The second-order valence-corrected chi connectivity index (χ2v) is 22.2. The Morgan fingerprint density at radius 3 is 0.759 bits per heavy atom. The fourth-order valence-electron chi connectivity index (χ4n) is 10.2. The Bertz CT molecular complexity index is 1920. The maximum Gasteiger partial charge on any atom is 0.191 e. The number of allylic oxidation sites excluding steroid dienone is 4. The van der Waals surface area contributed by atoms with E-state index in [-0.39, 0.29) is 5.92 Å². The minimum Gasteiger partial charge on any atom is -0.378 e. The Balaban J connectivity index is 2.84. The molecule has 0 radical (unpaired) electrons. The van der Waals surface area contributed by atoms with Crippen molar-refractivity contribution in [2.45, 2.75) is 48.5 Å². The molecule has 0 fully saturated rings. The molecule has 1 aliphatic rings. The highest BCUT2D eigenvalue weighted by molar-refractivity contribution is 7.20. The van der Waals surface area contributed by atoms with Gasteiger partial charge in [0.2, 0.25) is 0 Å². The van der Waals surface area contributed by atoms with Gasteiger partial charge >= 0.3 is 0 Å². The molecular weight excluding hydrogens is 731 g/mol. The summed E-state index contributed by atoms with van der Waals surface area (Å²) in [5.74, 6) is 0.197. The van der Waals surface area contributed by atoms with Gasteiger partial charge in [0.05, 0.1) is 0 Å². The molecule has 10 heteroatoms.